The monoisotopic (exact) mass is 394 g/mol. The molecule has 1 aromatic carbocycles. The van der Waals surface area contributed by atoms with Crippen molar-refractivity contribution in [2.24, 2.45) is 0 Å². The van der Waals surface area contributed by atoms with Gasteiger partial charge in [0.15, 0.2) is 0 Å². The third kappa shape index (κ3) is 5.44. The molecule has 1 aromatic rings. The number of hydrogen-bond acceptors (Lipinski definition) is 5. The van der Waals surface area contributed by atoms with E-state index in [1.54, 1.807) is 31.2 Å². The Bertz CT molecular complexity index is 700. The lowest BCUT2D eigenvalue weighted by molar-refractivity contribution is -0.136. The summed E-state index contributed by atoms with van der Waals surface area (Å²) < 4.78 is 17.0. The summed E-state index contributed by atoms with van der Waals surface area (Å²) in [5.74, 6) is -1.58. The summed E-state index contributed by atoms with van der Waals surface area (Å²) >= 11 is 0. The molecule has 0 fully saturated rings. The van der Waals surface area contributed by atoms with Gasteiger partial charge in [0.2, 0.25) is 0 Å². The fraction of sp³-hybridized carbons (Fsp3) is 0.526. The van der Waals surface area contributed by atoms with Crippen LogP contribution in [0.15, 0.2) is 24.3 Å². The van der Waals surface area contributed by atoms with Gasteiger partial charge in [-0.2, -0.15) is 0 Å². The normalized spacial score (nSPS) is 16.2. The zero-order valence-corrected chi connectivity index (χ0v) is 16.5. The number of nitrogens with zero attached hydrogens (tertiary/aromatic N) is 1. The van der Waals surface area contributed by atoms with Crippen molar-refractivity contribution in [1.29, 1.82) is 0 Å². The molecule has 1 aliphatic heterocycles. The maximum Gasteiger partial charge on any atom is 0.523 e. The van der Waals surface area contributed by atoms with Gasteiger partial charge in [-0.05, 0) is 43.4 Å². The van der Waals surface area contributed by atoms with E-state index >= 15 is 0 Å². The van der Waals surface area contributed by atoms with E-state index in [0.717, 1.165) is 25.7 Å². The molecule has 3 unspecified atom stereocenters. The molecule has 0 aliphatic carbocycles. The highest BCUT2D eigenvalue weighted by Gasteiger charge is 2.37. The lowest BCUT2D eigenvalue weighted by Crippen LogP contribution is -2.30. The molecule has 7 nitrogen and oxygen atoms in total. The van der Waals surface area contributed by atoms with Crippen molar-refractivity contribution < 1.29 is 28.6 Å². The van der Waals surface area contributed by atoms with Crippen molar-refractivity contribution in [3.8, 4) is 0 Å². The predicted molar refractivity (Wildman–Crippen MR) is 100 cm³/mol. The average molecular weight is 394 g/mol. The fourth-order valence-corrected chi connectivity index (χ4v) is 3.73. The molecule has 0 saturated heterocycles. The maximum atomic E-state index is 12.2. The Morgan fingerprint density at radius 1 is 1.07 bits per heavy atom. The van der Waals surface area contributed by atoms with Gasteiger partial charge >= 0.3 is 14.0 Å². The van der Waals surface area contributed by atoms with Crippen molar-refractivity contribution in [2.45, 2.75) is 57.7 Å². The molecule has 146 valence electrons. The molecule has 0 radical (unpaired) electrons. The summed E-state index contributed by atoms with van der Waals surface area (Å²) in [7, 11) is -2.22. The van der Waals surface area contributed by atoms with E-state index in [-0.39, 0.29) is 17.9 Å². The van der Waals surface area contributed by atoms with Crippen LogP contribution in [0.2, 0.25) is 0 Å². The van der Waals surface area contributed by atoms with E-state index in [4.69, 9.17) is 9.63 Å². The van der Waals surface area contributed by atoms with Crippen LogP contribution in [-0.2, 0) is 13.9 Å². The highest BCUT2D eigenvalue weighted by molar-refractivity contribution is 7.41. The first-order chi connectivity index (χ1) is 12.8. The SMILES string of the molecule is CC(CCCCCCN1C(=O)c2ccccc2C1=O)O[P+](=O)C(C)C(=O)O. The van der Waals surface area contributed by atoms with Gasteiger partial charge < -0.3 is 5.11 Å². The van der Waals surface area contributed by atoms with Gasteiger partial charge in [0.05, 0.1) is 11.1 Å². The third-order valence-corrected chi connectivity index (χ3v) is 6.00. The van der Waals surface area contributed by atoms with E-state index < -0.39 is 19.7 Å². The van der Waals surface area contributed by atoms with Crippen LogP contribution in [0, 0.1) is 0 Å². The minimum atomic E-state index is -2.22. The number of imide groups is 1. The molecule has 1 N–H and O–H groups in total. The molecular weight excluding hydrogens is 369 g/mol. The van der Waals surface area contributed by atoms with Gasteiger partial charge in [0.25, 0.3) is 17.5 Å². The highest BCUT2D eigenvalue weighted by Crippen LogP contribution is 2.32. The summed E-state index contributed by atoms with van der Waals surface area (Å²) in [6.45, 7) is 3.55. The Kier molecular flexibility index (Phi) is 7.63. The second kappa shape index (κ2) is 9.72. The molecular formula is C19H25NO6P+. The Morgan fingerprint density at radius 2 is 1.63 bits per heavy atom. The quantitative estimate of drug-likeness (QED) is 0.347. The lowest BCUT2D eigenvalue weighted by Gasteiger charge is -2.13. The first kappa shape index (κ1) is 21.2. The minimum absolute atomic E-state index is 0.228. The van der Waals surface area contributed by atoms with Crippen LogP contribution in [0.4, 0.5) is 0 Å². The third-order valence-electron chi connectivity index (χ3n) is 4.58. The van der Waals surface area contributed by atoms with E-state index in [9.17, 15) is 18.9 Å². The number of hydrogen-bond donors (Lipinski definition) is 1. The van der Waals surface area contributed by atoms with Gasteiger partial charge in [-0.25, -0.2) is 4.79 Å². The number of carbonyl (C=O) groups is 3. The van der Waals surface area contributed by atoms with Crippen LogP contribution in [-0.4, -0.2) is 46.1 Å². The maximum absolute atomic E-state index is 12.2. The molecule has 0 aromatic heterocycles. The molecule has 0 bridgehead atoms. The largest absolute Gasteiger partial charge is 0.523 e. The lowest BCUT2D eigenvalue weighted by atomic mass is 10.1. The van der Waals surface area contributed by atoms with Crippen LogP contribution in [0.5, 0.6) is 0 Å². The molecule has 2 amide bonds. The molecule has 2 rings (SSSR count). The molecule has 0 spiro atoms. The van der Waals surface area contributed by atoms with Crippen LogP contribution < -0.4 is 0 Å². The van der Waals surface area contributed by atoms with Crippen molar-refractivity contribution in [3.05, 3.63) is 35.4 Å². The van der Waals surface area contributed by atoms with Crippen LogP contribution in [0.1, 0.15) is 66.7 Å². The number of unbranched alkanes of at least 4 members (excludes halogenated alkanes) is 3. The smallest absolute Gasteiger partial charge is 0.478 e. The van der Waals surface area contributed by atoms with Crippen LogP contribution in [0.3, 0.4) is 0 Å². The number of benzene rings is 1. The van der Waals surface area contributed by atoms with Crippen molar-refractivity contribution in [3.63, 3.8) is 0 Å². The average Bonchev–Trinajstić information content (AvgIpc) is 2.88. The van der Waals surface area contributed by atoms with Crippen molar-refractivity contribution in [2.75, 3.05) is 6.54 Å². The number of amides is 2. The number of fused-ring (bicyclic) bond motifs is 1. The van der Waals surface area contributed by atoms with Crippen molar-refractivity contribution >= 4 is 25.8 Å². The van der Waals surface area contributed by atoms with E-state index in [1.165, 1.54) is 11.8 Å². The number of carboxylic acids is 1. The summed E-state index contributed by atoms with van der Waals surface area (Å²) in [6, 6.07) is 6.85. The number of rotatable bonds is 11. The molecule has 8 heteroatoms. The molecule has 0 saturated carbocycles. The van der Waals surface area contributed by atoms with E-state index in [0.29, 0.717) is 24.1 Å². The minimum Gasteiger partial charge on any atom is -0.478 e. The van der Waals surface area contributed by atoms with Gasteiger partial charge in [0.1, 0.15) is 6.10 Å². The van der Waals surface area contributed by atoms with Gasteiger partial charge in [-0.1, -0.05) is 31.4 Å². The first-order valence-corrected chi connectivity index (χ1v) is 10.4. The predicted octanol–water partition coefficient (Wildman–Crippen LogP) is 3.85. The standard InChI is InChI=1S/C19H24NO6P/c1-13(26-27(25)14(2)19(23)24)9-5-3-4-8-12-20-17(21)15-10-6-7-11-16(15)18(20)22/h6-7,10-11,13-14H,3-5,8-9,12H2,1-2H3/p+1. The topological polar surface area (TPSA) is 101 Å². The van der Waals surface area contributed by atoms with E-state index in [1.807, 2.05) is 0 Å². The Hall–Kier alpha value is -2.11. The van der Waals surface area contributed by atoms with Crippen molar-refractivity contribution in [1.82, 2.24) is 4.90 Å². The second-order valence-corrected chi connectivity index (χ2v) is 8.28. The summed E-state index contributed by atoms with van der Waals surface area (Å²) in [5, 5.41) is 8.81. The highest BCUT2D eigenvalue weighted by atomic mass is 31.1. The summed E-state index contributed by atoms with van der Waals surface area (Å²) in [5.41, 5.74) is -0.0709. The first-order valence-electron chi connectivity index (χ1n) is 9.14. The van der Waals surface area contributed by atoms with Gasteiger partial charge in [0, 0.05) is 6.54 Å². The zero-order chi connectivity index (χ0) is 20.0. The Balaban J connectivity index is 1.63. The summed E-state index contributed by atoms with van der Waals surface area (Å²) in [4.78, 5) is 36.5. The van der Waals surface area contributed by atoms with Gasteiger partial charge in [-0.15, -0.1) is 4.52 Å². The molecule has 3 atom stereocenters. The Morgan fingerprint density at radius 3 is 2.19 bits per heavy atom. The zero-order valence-electron chi connectivity index (χ0n) is 15.6. The molecule has 1 aliphatic rings. The Labute approximate surface area is 159 Å². The fourth-order valence-electron chi connectivity index (χ4n) is 2.91. The second-order valence-electron chi connectivity index (χ2n) is 6.73. The number of carboxylic acid groups (broad SMARTS) is 1. The van der Waals surface area contributed by atoms with E-state index in [2.05, 4.69) is 0 Å². The van der Waals surface area contributed by atoms with Gasteiger partial charge in [-0.3, -0.25) is 14.5 Å². The van der Waals surface area contributed by atoms with Crippen LogP contribution >= 0.6 is 8.03 Å². The molecule has 1 heterocycles. The number of aliphatic carboxylic acids is 1. The number of carbonyl (C=O) groups excluding carboxylic acids is 2. The van der Waals surface area contributed by atoms with Crippen LogP contribution in [0.25, 0.3) is 0 Å². The molecule has 27 heavy (non-hydrogen) atoms. The summed E-state index contributed by atoms with van der Waals surface area (Å²) in [6.07, 6.45) is 3.73.